The second kappa shape index (κ2) is 3.99. The van der Waals surface area contributed by atoms with E-state index in [2.05, 4.69) is 20.9 Å². The predicted octanol–water partition coefficient (Wildman–Crippen LogP) is 1.01. The Morgan fingerprint density at radius 3 is 2.40 bits per heavy atom. The third kappa shape index (κ3) is 2.61. The van der Waals surface area contributed by atoms with Crippen molar-refractivity contribution >= 4 is 31.6 Å². The second-order valence-corrected chi connectivity index (χ2v) is 4.90. The molecule has 0 aliphatic carbocycles. The Morgan fingerprint density at radius 2 is 2.00 bits per heavy atom. The van der Waals surface area contributed by atoms with Crippen LogP contribution in [0.25, 0.3) is 0 Å². The van der Waals surface area contributed by atoms with Gasteiger partial charge in [-0.25, -0.2) is 27.3 Å². The van der Waals surface area contributed by atoms with Gasteiger partial charge in [0.1, 0.15) is 5.69 Å². The molecule has 1 rings (SSSR count). The van der Waals surface area contributed by atoms with E-state index in [-0.39, 0.29) is 10.2 Å². The first-order valence-corrected chi connectivity index (χ1v) is 5.84. The van der Waals surface area contributed by atoms with Crippen LogP contribution in [-0.4, -0.2) is 13.4 Å². The van der Waals surface area contributed by atoms with E-state index in [4.69, 9.17) is 10.9 Å². The van der Waals surface area contributed by atoms with Crippen LogP contribution in [0.15, 0.2) is 15.6 Å². The molecule has 0 aromatic carbocycles. The molecular formula is C6H6BrF2N3O2S. The van der Waals surface area contributed by atoms with Crippen LogP contribution in [-0.2, 0) is 10.0 Å². The molecule has 0 bridgehead atoms. The summed E-state index contributed by atoms with van der Waals surface area (Å²) in [5.41, 5.74) is 4.40. The van der Waals surface area contributed by atoms with Crippen molar-refractivity contribution in [2.24, 2.45) is 5.14 Å². The fourth-order valence-electron chi connectivity index (χ4n) is 0.835. The van der Waals surface area contributed by atoms with Crippen LogP contribution >= 0.6 is 15.9 Å². The van der Waals surface area contributed by atoms with Crippen molar-refractivity contribution in [3.63, 3.8) is 0 Å². The maximum Gasteiger partial charge on any atom is 0.281 e. The Morgan fingerprint density at radius 1 is 1.47 bits per heavy atom. The van der Waals surface area contributed by atoms with Crippen molar-refractivity contribution in [3.8, 4) is 0 Å². The van der Waals surface area contributed by atoms with Crippen LogP contribution in [0, 0.1) is 0 Å². The van der Waals surface area contributed by atoms with Gasteiger partial charge in [0.15, 0.2) is 5.03 Å². The molecule has 0 spiro atoms. The molecule has 0 saturated heterocycles. The quantitative estimate of drug-likeness (QED) is 0.851. The Kier molecular flexibility index (Phi) is 3.26. The summed E-state index contributed by atoms with van der Waals surface area (Å²) >= 11 is 2.78. The number of alkyl halides is 2. The van der Waals surface area contributed by atoms with Crippen LogP contribution in [0.3, 0.4) is 0 Å². The number of sulfonamides is 1. The number of nitrogens with zero attached hydrogens (tertiary/aromatic N) is 1. The Hall–Kier alpha value is -0.800. The predicted molar refractivity (Wildman–Crippen MR) is 52.7 cm³/mol. The summed E-state index contributed by atoms with van der Waals surface area (Å²) in [7, 11) is -4.14. The first kappa shape index (κ1) is 12.3. The topological polar surface area (TPSA) is 99.1 Å². The molecule has 0 saturated carbocycles. The number of nitrogen functional groups attached to an aromatic ring is 1. The highest BCUT2D eigenvalue weighted by Crippen LogP contribution is 2.31. The van der Waals surface area contributed by atoms with Gasteiger partial charge in [-0.3, -0.25) is 0 Å². The van der Waals surface area contributed by atoms with Crippen molar-refractivity contribution in [2.75, 3.05) is 5.73 Å². The molecule has 84 valence electrons. The van der Waals surface area contributed by atoms with Gasteiger partial charge in [0.05, 0.1) is 10.2 Å². The minimum atomic E-state index is -4.14. The highest BCUT2D eigenvalue weighted by molar-refractivity contribution is 9.10. The molecule has 0 atom stereocenters. The zero-order valence-corrected chi connectivity index (χ0v) is 9.52. The van der Waals surface area contributed by atoms with Crippen LogP contribution in [0.1, 0.15) is 12.1 Å². The van der Waals surface area contributed by atoms with Gasteiger partial charge in [0.2, 0.25) is 0 Å². The molecule has 5 nitrogen and oxygen atoms in total. The monoisotopic (exact) mass is 301 g/mol. The summed E-state index contributed by atoms with van der Waals surface area (Å²) in [5.74, 6) is 0. The van der Waals surface area contributed by atoms with Gasteiger partial charge < -0.3 is 5.73 Å². The molecule has 0 fully saturated rings. The van der Waals surface area contributed by atoms with Crippen molar-refractivity contribution in [1.29, 1.82) is 0 Å². The number of primary sulfonamides is 1. The summed E-state index contributed by atoms with van der Waals surface area (Å²) in [6.07, 6.45) is -2.94. The summed E-state index contributed by atoms with van der Waals surface area (Å²) in [6.45, 7) is 0. The van der Waals surface area contributed by atoms with Gasteiger partial charge in [-0.1, -0.05) is 0 Å². The molecule has 0 amide bonds. The van der Waals surface area contributed by atoms with Gasteiger partial charge >= 0.3 is 0 Å². The van der Waals surface area contributed by atoms with E-state index in [1.165, 1.54) is 0 Å². The molecule has 0 aliphatic heterocycles. The molecule has 4 N–H and O–H groups in total. The van der Waals surface area contributed by atoms with Crippen molar-refractivity contribution < 1.29 is 17.2 Å². The average Bonchev–Trinajstić information content (AvgIpc) is 2.06. The lowest BCUT2D eigenvalue weighted by Gasteiger charge is -2.07. The molecule has 0 aliphatic rings. The lowest BCUT2D eigenvalue weighted by atomic mass is 10.3. The number of hydrogen-bond donors (Lipinski definition) is 2. The highest BCUT2D eigenvalue weighted by Gasteiger charge is 2.21. The molecule has 0 radical (unpaired) electrons. The molecule has 0 unspecified atom stereocenters. The van der Waals surface area contributed by atoms with Crippen molar-refractivity contribution in [2.45, 2.75) is 11.5 Å². The number of aromatic nitrogens is 1. The Bertz CT molecular complexity index is 491. The van der Waals surface area contributed by atoms with E-state index in [0.717, 1.165) is 6.07 Å². The van der Waals surface area contributed by atoms with Crippen LogP contribution in [0.2, 0.25) is 0 Å². The summed E-state index contributed by atoms with van der Waals surface area (Å²) < 4.78 is 46.4. The van der Waals surface area contributed by atoms with Gasteiger partial charge in [-0.2, -0.15) is 0 Å². The molecule has 1 aromatic heterocycles. The van der Waals surface area contributed by atoms with Crippen LogP contribution in [0.4, 0.5) is 14.5 Å². The lowest BCUT2D eigenvalue weighted by molar-refractivity contribution is 0.144. The molecule has 1 aromatic rings. The lowest BCUT2D eigenvalue weighted by Crippen LogP contribution is -2.15. The largest absolute Gasteiger partial charge is 0.398 e. The fraction of sp³-hybridized carbons (Fsp3) is 0.167. The standard InChI is InChI=1S/C6H6BrF2N3O2S/c7-4-2(10)1-3(15(11,13)14)12-5(4)6(8)9/h1,6H,(H2,10,12)(H2,11,13,14). The molecule has 9 heteroatoms. The number of hydrogen-bond acceptors (Lipinski definition) is 4. The van der Waals surface area contributed by atoms with E-state index >= 15 is 0 Å². The van der Waals surface area contributed by atoms with Crippen LogP contribution in [0.5, 0.6) is 0 Å². The Balaban J connectivity index is 3.50. The van der Waals surface area contributed by atoms with E-state index in [1.54, 1.807) is 0 Å². The van der Waals surface area contributed by atoms with Gasteiger partial charge in [0, 0.05) is 6.07 Å². The fourth-order valence-corrected chi connectivity index (χ4v) is 1.73. The van der Waals surface area contributed by atoms with Crippen molar-refractivity contribution in [3.05, 3.63) is 16.2 Å². The maximum absolute atomic E-state index is 12.4. The first-order valence-electron chi connectivity index (χ1n) is 3.50. The summed E-state index contributed by atoms with van der Waals surface area (Å²) in [6, 6.07) is 0.908. The van der Waals surface area contributed by atoms with E-state index in [9.17, 15) is 17.2 Å². The average molecular weight is 302 g/mol. The minimum Gasteiger partial charge on any atom is -0.398 e. The maximum atomic E-state index is 12.4. The third-order valence-corrected chi connectivity index (χ3v) is 3.14. The third-order valence-electron chi connectivity index (χ3n) is 1.49. The Labute approximate surface area is 92.7 Å². The van der Waals surface area contributed by atoms with Crippen molar-refractivity contribution in [1.82, 2.24) is 4.98 Å². The number of rotatable bonds is 2. The molecule has 15 heavy (non-hydrogen) atoms. The summed E-state index contributed by atoms with van der Waals surface area (Å²) in [5, 5.41) is 4.06. The normalized spacial score (nSPS) is 12.1. The zero-order chi connectivity index (χ0) is 11.8. The van der Waals surface area contributed by atoms with Crippen LogP contribution < -0.4 is 10.9 Å². The van der Waals surface area contributed by atoms with E-state index < -0.39 is 27.2 Å². The van der Waals surface area contributed by atoms with E-state index in [1.807, 2.05) is 0 Å². The molecular weight excluding hydrogens is 296 g/mol. The first-order chi connectivity index (χ1) is 6.73. The smallest absolute Gasteiger partial charge is 0.281 e. The number of nitrogens with two attached hydrogens (primary N) is 2. The van der Waals surface area contributed by atoms with E-state index in [0.29, 0.717) is 0 Å². The van der Waals surface area contributed by atoms with Gasteiger partial charge in [-0.05, 0) is 15.9 Å². The SMILES string of the molecule is Nc1cc(S(N)(=O)=O)nc(C(F)F)c1Br. The highest BCUT2D eigenvalue weighted by atomic mass is 79.9. The number of pyridine rings is 1. The number of anilines is 1. The number of halogens is 3. The molecule has 1 heterocycles. The minimum absolute atomic E-state index is 0.134. The van der Waals surface area contributed by atoms with Gasteiger partial charge in [0.25, 0.3) is 16.4 Å². The van der Waals surface area contributed by atoms with Gasteiger partial charge in [-0.15, -0.1) is 0 Å². The summed E-state index contributed by atoms with van der Waals surface area (Å²) in [4.78, 5) is 3.21. The second-order valence-electron chi connectivity index (χ2n) is 2.59. The zero-order valence-electron chi connectivity index (χ0n) is 7.12.